The van der Waals surface area contributed by atoms with Gasteiger partial charge in [-0.05, 0) is 25.9 Å². The van der Waals surface area contributed by atoms with E-state index in [1.807, 2.05) is 0 Å². The smallest absolute Gasteiger partial charge is 0.216 e. The van der Waals surface area contributed by atoms with Crippen LogP contribution in [0.4, 0.5) is 0 Å². The largest absolute Gasteiger partial charge is 0.355 e. The Hall–Kier alpha value is -0.570. The van der Waals surface area contributed by atoms with Crippen molar-refractivity contribution >= 4 is 5.91 Å². The summed E-state index contributed by atoms with van der Waals surface area (Å²) >= 11 is 0. The Morgan fingerprint density at radius 2 is 2.00 bits per heavy atom. The van der Waals surface area contributed by atoms with E-state index in [9.17, 15) is 4.79 Å². The molecule has 0 saturated carbocycles. The molecule has 3 nitrogen and oxygen atoms in total. The zero-order chi connectivity index (χ0) is 8.81. The summed E-state index contributed by atoms with van der Waals surface area (Å²) in [7, 11) is 0. The second-order valence-electron chi connectivity index (χ2n) is 3.39. The SMILES string of the molecule is CC(=O)NCCN1CCCCC1. The van der Waals surface area contributed by atoms with Crippen LogP contribution in [0.1, 0.15) is 26.2 Å². The van der Waals surface area contributed by atoms with Crippen molar-refractivity contribution in [1.82, 2.24) is 10.2 Å². The highest BCUT2D eigenvalue weighted by atomic mass is 16.1. The summed E-state index contributed by atoms with van der Waals surface area (Å²) in [4.78, 5) is 13.0. The lowest BCUT2D eigenvalue weighted by Gasteiger charge is -2.26. The molecule has 0 radical (unpaired) electrons. The number of hydrogen-bond donors (Lipinski definition) is 1. The van der Waals surface area contributed by atoms with Crippen molar-refractivity contribution in [3.63, 3.8) is 0 Å². The fourth-order valence-electron chi connectivity index (χ4n) is 1.57. The number of carbonyl (C=O) groups excluding carboxylic acids is 1. The van der Waals surface area contributed by atoms with Crippen molar-refractivity contribution in [2.45, 2.75) is 26.2 Å². The molecule has 3 heteroatoms. The first-order chi connectivity index (χ1) is 5.79. The molecule has 0 aliphatic carbocycles. The number of nitrogens with zero attached hydrogens (tertiary/aromatic N) is 1. The monoisotopic (exact) mass is 170 g/mol. The van der Waals surface area contributed by atoms with Gasteiger partial charge in [0.2, 0.25) is 5.91 Å². The van der Waals surface area contributed by atoms with E-state index in [2.05, 4.69) is 10.2 Å². The van der Waals surface area contributed by atoms with Crippen molar-refractivity contribution in [2.24, 2.45) is 0 Å². The maximum atomic E-state index is 10.6. The van der Waals surface area contributed by atoms with E-state index in [1.165, 1.54) is 32.4 Å². The average molecular weight is 170 g/mol. The molecule has 0 aromatic carbocycles. The minimum atomic E-state index is 0.0759. The van der Waals surface area contributed by atoms with Gasteiger partial charge in [0.25, 0.3) is 0 Å². The van der Waals surface area contributed by atoms with E-state index in [1.54, 1.807) is 6.92 Å². The summed E-state index contributed by atoms with van der Waals surface area (Å²) in [5.74, 6) is 0.0759. The van der Waals surface area contributed by atoms with E-state index in [0.29, 0.717) is 0 Å². The standard InChI is InChI=1S/C9H18N2O/c1-9(12)10-5-8-11-6-3-2-4-7-11/h2-8H2,1H3,(H,10,12). The highest BCUT2D eigenvalue weighted by Gasteiger charge is 2.08. The Kier molecular flexibility index (Phi) is 4.08. The lowest BCUT2D eigenvalue weighted by Crippen LogP contribution is -2.36. The fraction of sp³-hybridized carbons (Fsp3) is 0.889. The van der Waals surface area contributed by atoms with Crippen LogP contribution in [0, 0.1) is 0 Å². The van der Waals surface area contributed by atoms with Crippen molar-refractivity contribution in [3.05, 3.63) is 0 Å². The van der Waals surface area contributed by atoms with E-state index in [0.717, 1.165) is 13.1 Å². The Labute approximate surface area is 74.1 Å². The molecule has 12 heavy (non-hydrogen) atoms. The molecule has 1 N–H and O–H groups in total. The molecule has 70 valence electrons. The summed E-state index contributed by atoms with van der Waals surface area (Å²) < 4.78 is 0. The minimum absolute atomic E-state index is 0.0759. The zero-order valence-electron chi connectivity index (χ0n) is 7.81. The molecule has 0 unspecified atom stereocenters. The number of amides is 1. The van der Waals surface area contributed by atoms with Crippen LogP contribution >= 0.6 is 0 Å². The van der Waals surface area contributed by atoms with Crippen LogP contribution in [0.3, 0.4) is 0 Å². The van der Waals surface area contributed by atoms with Crippen LogP contribution in [0.5, 0.6) is 0 Å². The molecule has 1 aliphatic rings. The quantitative estimate of drug-likeness (QED) is 0.673. The fourth-order valence-corrected chi connectivity index (χ4v) is 1.57. The second kappa shape index (κ2) is 5.14. The molecule has 1 aliphatic heterocycles. The van der Waals surface area contributed by atoms with E-state index in [4.69, 9.17) is 0 Å². The van der Waals surface area contributed by atoms with E-state index < -0.39 is 0 Å². The molecule has 0 aromatic heterocycles. The van der Waals surface area contributed by atoms with Gasteiger partial charge in [0, 0.05) is 20.0 Å². The lowest BCUT2D eigenvalue weighted by molar-refractivity contribution is -0.119. The Bertz CT molecular complexity index is 141. The molecular formula is C9H18N2O. The van der Waals surface area contributed by atoms with Crippen molar-refractivity contribution in [1.29, 1.82) is 0 Å². The number of nitrogens with one attached hydrogen (secondary N) is 1. The second-order valence-corrected chi connectivity index (χ2v) is 3.39. The van der Waals surface area contributed by atoms with E-state index in [-0.39, 0.29) is 5.91 Å². The third kappa shape index (κ3) is 3.72. The Balaban J connectivity index is 2.01. The van der Waals surface area contributed by atoms with Gasteiger partial charge in [-0.25, -0.2) is 0 Å². The number of carbonyl (C=O) groups is 1. The van der Waals surface area contributed by atoms with Crippen LogP contribution in [-0.2, 0) is 4.79 Å². The number of rotatable bonds is 3. The van der Waals surface area contributed by atoms with Gasteiger partial charge in [-0.2, -0.15) is 0 Å². The first kappa shape index (κ1) is 9.52. The van der Waals surface area contributed by atoms with Gasteiger partial charge in [0.15, 0.2) is 0 Å². The third-order valence-corrected chi connectivity index (χ3v) is 2.25. The van der Waals surface area contributed by atoms with Gasteiger partial charge >= 0.3 is 0 Å². The van der Waals surface area contributed by atoms with Crippen molar-refractivity contribution < 1.29 is 4.79 Å². The van der Waals surface area contributed by atoms with Crippen LogP contribution in [0.15, 0.2) is 0 Å². The normalized spacial score (nSPS) is 19.1. The summed E-state index contributed by atoms with van der Waals surface area (Å²) in [5, 5.41) is 2.81. The zero-order valence-corrected chi connectivity index (χ0v) is 7.81. The Morgan fingerprint density at radius 1 is 1.33 bits per heavy atom. The van der Waals surface area contributed by atoms with Gasteiger partial charge in [-0.3, -0.25) is 4.79 Å². The molecule has 1 heterocycles. The highest BCUT2D eigenvalue weighted by molar-refractivity contribution is 5.72. The van der Waals surface area contributed by atoms with Gasteiger partial charge < -0.3 is 10.2 Å². The summed E-state index contributed by atoms with van der Waals surface area (Å²) in [6.45, 7) is 5.80. The maximum Gasteiger partial charge on any atom is 0.216 e. The van der Waals surface area contributed by atoms with Crippen LogP contribution in [0.2, 0.25) is 0 Å². The highest BCUT2D eigenvalue weighted by Crippen LogP contribution is 2.06. The molecule has 0 atom stereocenters. The topological polar surface area (TPSA) is 32.3 Å². The van der Waals surface area contributed by atoms with E-state index >= 15 is 0 Å². The average Bonchev–Trinajstić information content (AvgIpc) is 2.05. The first-order valence-corrected chi connectivity index (χ1v) is 4.76. The minimum Gasteiger partial charge on any atom is -0.355 e. The number of hydrogen-bond acceptors (Lipinski definition) is 2. The van der Waals surface area contributed by atoms with Crippen molar-refractivity contribution in [2.75, 3.05) is 26.2 Å². The maximum absolute atomic E-state index is 10.6. The summed E-state index contributed by atoms with van der Waals surface area (Å²) in [6, 6.07) is 0. The summed E-state index contributed by atoms with van der Waals surface area (Å²) in [5.41, 5.74) is 0. The molecule has 1 rings (SSSR count). The first-order valence-electron chi connectivity index (χ1n) is 4.76. The van der Waals surface area contributed by atoms with Gasteiger partial charge in [-0.1, -0.05) is 6.42 Å². The molecular weight excluding hydrogens is 152 g/mol. The van der Waals surface area contributed by atoms with Crippen LogP contribution in [0.25, 0.3) is 0 Å². The molecule has 1 saturated heterocycles. The molecule has 1 amide bonds. The molecule has 1 fully saturated rings. The predicted molar refractivity (Wildman–Crippen MR) is 49.0 cm³/mol. The Morgan fingerprint density at radius 3 is 2.58 bits per heavy atom. The van der Waals surface area contributed by atoms with Gasteiger partial charge in [-0.15, -0.1) is 0 Å². The van der Waals surface area contributed by atoms with Gasteiger partial charge in [0.05, 0.1) is 0 Å². The van der Waals surface area contributed by atoms with Gasteiger partial charge in [0.1, 0.15) is 0 Å². The number of piperidine rings is 1. The van der Waals surface area contributed by atoms with Crippen molar-refractivity contribution in [3.8, 4) is 0 Å². The predicted octanol–water partition coefficient (Wildman–Crippen LogP) is 0.608. The number of likely N-dealkylation sites (tertiary alicyclic amines) is 1. The molecule has 0 aromatic rings. The summed E-state index contributed by atoms with van der Waals surface area (Å²) in [6.07, 6.45) is 4.01. The van der Waals surface area contributed by atoms with Crippen LogP contribution in [-0.4, -0.2) is 37.0 Å². The molecule has 0 bridgehead atoms. The van der Waals surface area contributed by atoms with Crippen LogP contribution < -0.4 is 5.32 Å². The molecule has 0 spiro atoms. The lowest BCUT2D eigenvalue weighted by atomic mass is 10.1. The third-order valence-electron chi connectivity index (χ3n) is 2.25.